The highest BCUT2D eigenvalue weighted by Gasteiger charge is 2.13. The predicted molar refractivity (Wildman–Crippen MR) is 104 cm³/mol. The summed E-state index contributed by atoms with van der Waals surface area (Å²) in [5.74, 6) is 0.335. The van der Waals surface area contributed by atoms with Gasteiger partial charge in [-0.25, -0.2) is 0 Å². The van der Waals surface area contributed by atoms with Crippen LogP contribution >= 0.6 is 23.2 Å². The Morgan fingerprint density at radius 1 is 1.12 bits per heavy atom. The summed E-state index contributed by atoms with van der Waals surface area (Å²) in [4.78, 5) is 25.7. The van der Waals surface area contributed by atoms with Crippen molar-refractivity contribution in [3.63, 3.8) is 0 Å². The van der Waals surface area contributed by atoms with Crippen molar-refractivity contribution >= 4 is 40.7 Å². The molecule has 0 aliphatic rings. The van der Waals surface area contributed by atoms with E-state index in [1.165, 1.54) is 4.90 Å². The third-order valence-electron chi connectivity index (χ3n) is 3.77. The second-order valence-electron chi connectivity index (χ2n) is 5.78. The first-order chi connectivity index (χ1) is 12.4. The van der Waals surface area contributed by atoms with Gasteiger partial charge in [0.15, 0.2) is 0 Å². The van der Waals surface area contributed by atoms with Gasteiger partial charge >= 0.3 is 0 Å². The van der Waals surface area contributed by atoms with Gasteiger partial charge in [-0.15, -0.1) is 0 Å². The molecule has 0 aliphatic heterocycles. The molecule has 2 amide bonds. The molecule has 0 bridgehead atoms. The molecule has 0 atom stereocenters. The third-order valence-corrected chi connectivity index (χ3v) is 4.51. The highest BCUT2D eigenvalue weighted by molar-refractivity contribution is 6.42. The van der Waals surface area contributed by atoms with Gasteiger partial charge in [0.1, 0.15) is 5.75 Å². The summed E-state index contributed by atoms with van der Waals surface area (Å²) in [7, 11) is 3.20. The molecule has 0 aromatic heterocycles. The molecule has 1 N–H and O–H groups in total. The number of likely N-dealkylation sites (N-methyl/N-ethyl adjacent to an activating group) is 1. The number of hydrogen-bond donors (Lipinski definition) is 1. The highest BCUT2D eigenvalue weighted by Crippen LogP contribution is 2.25. The van der Waals surface area contributed by atoms with Gasteiger partial charge in [-0.3, -0.25) is 9.59 Å². The summed E-state index contributed by atoms with van der Waals surface area (Å²) < 4.78 is 5.17. The Bertz CT molecular complexity index is 796. The zero-order valence-electron chi connectivity index (χ0n) is 14.6. The van der Waals surface area contributed by atoms with E-state index < -0.39 is 0 Å². The van der Waals surface area contributed by atoms with E-state index >= 15 is 0 Å². The van der Waals surface area contributed by atoms with Gasteiger partial charge in [0.2, 0.25) is 11.8 Å². The summed E-state index contributed by atoms with van der Waals surface area (Å²) in [6.07, 6.45) is 0.887. The molecule has 0 spiro atoms. The second-order valence-corrected chi connectivity index (χ2v) is 6.59. The van der Waals surface area contributed by atoms with E-state index in [0.717, 1.165) is 11.3 Å². The molecule has 0 radical (unpaired) electrons. The van der Waals surface area contributed by atoms with Crippen molar-refractivity contribution in [1.29, 1.82) is 0 Å². The fourth-order valence-corrected chi connectivity index (χ4v) is 2.65. The van der Waals surface area contributed by atoms with Gasteiger partial charge in [0, 0.05) is 19.2 Å². The van der Waals surface area contributed by atoms with Crippen LogP contribution in [0.3, 0.4) is 0 Å². The normalized spacial score (nSPS) is 10.3. The Labute approximate surface area is 162 Å². The molecule has 138 valence electrons. The lowest BCUT2D eigenvalue weighted by atomic mass is 10.1. The Morgan fingerprint density at radius 3 is 2.58 bits per heavy atom. The van der Waals surface area contributed by atoms with Crippen LogP contribution in [-0.2, 0) is 16.0 Å². The summed E-state index contributed by atoms with van der Waals surface area (Å²) in [6.45, 7) is -0.0445. The average Bonchev–Trinajstić information content (AvgIpc) is 2.62. The third kappa shape index (κ3) is 5.93. The summed E-state index contributed by atoms with van der Waals surface area (Å²) in [6, 6.07) is 12.4. The van der Waals surface area contributed by atoms with Gasteiger partial charge in [-0.1, -0.05) is 35.3 Å². The number of hydrogen-bond acceptors (Lipinski definition) is 3. The van der Waals surface area contributed by atoms with Crippen molar-refractivity contribution in [3.05, 3.63) is 58.1 Å². The van der Waals surface area contributed by atoms with Crippen LogP contribution < -0.4 is 10.1 Å². The molecule has 0 unspecified atom stereocenters. The number of nitrogens with one attached hydrogen (secondary N) is 1. The first-order valence-electron chi connectivity index (χ1n) is 8.01. The quantitative estimate of drug-likeness (QED) is 0.770. The largest absolute Gasteiger partial charge is 0.497 e. The van der Waals surface area contributed by atoms with Crippen molar-refractivity contribution in [3.8, 4) is 5.75 Å². The van der Waals surface area contributed by atoms with Crippen LogP contribution in [0.2, 0.25) is 10.0 Å². The number of anilines is 1. The van der Waals surface area contributed by atoms with E-state index in [1.54, 1.807) is 32.4 Å². The standard InChI is InChI=1S/C19H20Cl2N2O3/c1-23(12-18(24)22-14-7-8-16(20)17(21)11-14)19(25)9-6-13-4-3-5-15(10-13)26-2/h3-5,7-8,10-11H,6,9,12H2,1-2H3,(H,22,24). The number of ether oxygens (including phenoxy) is 1. The molecule has 0 fully saturated rings. The predicted octanol–water partition coefficient (Wildman–Crippen LogP) is 4.03. The minimum absolute atomic E-state index is 0.0445. The minimum Gasteiger partial charge on any atom is -0.497 e. The van der Waals surface area contributed by atoms with Gasteiger partial charge in [0.05, 0.1) is 23.7 Å². The maximum atomic E-state index is 12.2. The van der Waals surface area contributed by atoms with Gasteiger partial charge in [-0.05, 0) is 42.3 Å². The number of halogens is 2. The van der Waals surface area contributed by atoms with Crippen LogP contribution in [0.15, 0.2) is 42.5 Å². The van der Waals surface area contributed by atoms with Crippen molar-refractivity contribution < 1.29 is 14.3 Å². The molecular formula is C19H20Cl2N2O3. The lowest BCUT2D eigenvalue weighted by molar-refractivity contribution is -0.133. The molecule has 2 aromatic rings. The molecule has 7 heteroatoms. The fourth-order valence-electron chi connectivity index (χ4n) is 2.35. The molecule has 2 aromatic carbocycles. The maximum Gasteiger partial charge on any atom is 0.243 e. The monoisotopic (exact) mass is 394 g/mol. The Balaban J connectivity index is 1.83. The average molecular weight is 395 g/mol. The number of aryl methyl sites for hydroxylation is 1. The van der Waals surface area contributed by atoms with E-state index in [2.05, 4.69) is 5.32 Å². The van der Waals surface area contributed by atoms with Crippen LogP contribution in [0.25, 0.3) is 0 Å². The number of benzene rings is 2. The second kappa shape index (κ2) is 9.46. The van der Waals surface area contributed by atoms with Crippen molar-refractivity contribution in [2.75, 3.05) is 26.0 Å². The fraction of sp³-hybridized carbons (Fsp3) is 0.263. The van der Waals surface area contributed by atoms with Crippen LogP contribution in [0, 0.1) is 0 Å². The smallest absolute Gasteiger partial charge is 0.243 e. The zero-order valence-corrected chi connectivity index (χ0v) is 16.1. The van der Waals surface area contributed by atoms with Crippen LogP contribution in [0.5, 0.6) is 5.75 Å². The minimum atomic E-state index is -0.305. The molecule has 0 heterocycles. The summed E-state index contributed by atoms with van der Waals surface area (Å²) >= 11 is 11.8. The van der Waals surface area contributed by atoms with E-state index in [1.807, 2.05) is 24.3 Å². The van der Waals surface area contributed by atoms with E-state index in [-0.39, 0.29) is 18.4 Å². The molecule has 2 rings (SSSR count). The summed E-state index contributed by atoms with van der Waals surface area (Å²) in [5.41, 5.74) is 1.54. The number of carbonyl (C=O) groups is 2. The molecule has 0 aliphatic carbocycles. The maximum absolute atomic E-state index is 12.2. The van der Waals surface area contributed by atoms with E-state index in [4.69, 9.17) is 27.9 Å². The van der Waals surface area contributed by atoms with Crippen molar-refractivity contribution in [2.45, 2.75) is 12.8 Å². The van der Waals surface area contributed by atoms with Crippen molar-refractivity contribution in [2.24, 2.45) is 0 Å². The SMILES string of the molecule is COc1cccc(CCC(=O)N(C)CC(=O)Nc2ccc(Cl)c(Cl)c2)c1. The number of rotatable bonds is 7. The molecule has 0 saturated heterocycles. The Kier molecular flexibility index (Phi) is 7.30. The van der Waals surface area contributed by atoms with Crippen LogP contribution in [-0.4, -0.2) is 37.4 Å². The Morgan fingerprint density at radius 2 is 1.88 bits per heavy atom. The van der Waals surface area contributed by atoms with Crippen molar-refractivity contribution in [1.82, 2.24) is 4.90 Å². The van der Waals surface area contributed by atoms with Crippen LogP contribution in [0.4, 0.5) is 5.69 Å². The summed E-state index contributed by atoms with van der Waals surface area (Å²) in [5, 5.41) is 3.46. The zero-order chi connectivity index (χ0) is 19.1. The lowest BCUT2D eigenvalue weighted by Crippen LogP contribution is -2.35. The van der Waals surface area contributed by atoms with E-state index in [0.29, 0.717) is 28.6 Å². The number of amides is 2. The number of methoxy groups -OCH3 is 1. The topological polar surface area (TPSA) is 58.6 Å². The molecule has 5 nitrogen and oxygen atoms in total. The van der Waals surface area contributed by atoms with E-state index in [9.17, 15) is 9.59 Å². The van der Waals surface area contributed by atoms with Gasteiger partial charge < -0.3 is 15.0 Å². The first-order valence-corrected chi connectivity index (χ1v) is 8.76. The molecule has 26 heavy (non-hydrogen) atoms. The first kappa shape index (κ1) is 20.1. The molecular weight excluding hydrogens is 375 g/mol. The van der Waals surface area contributed by atoms with Gasteiger partial charge in [0.25, 0.3) is 0 Å². The molecule has 0 saturated carbocycles. The number of nitrogens with zero attached hydrogens (tertiary/aromatic N) is 1. The number of carbonyl (C=O) groups excluding carboxylic acids is 2. The Hall–Kier alpha value is -2.24. The lowest BCUT2D eigenvalue weighted by Gasteiger charge is -2.17. The van der Waals surface area contributed by atoms with Crippen LogP contribution in [0.1, 0.15) is 12.0 Å². The highest BCUT2D eigenvalue weighted by atomic mass is 35.5. The van der Waals surface area contributed by atoms with Gasteiger partial charge in [-0.2, -0.15) is 0 Å².